The van der Waals surface area contributed by atoms with Crippen LogP contribution >= 0.6 is 0 Å². The number of rotatable bonds is 2. The molecule has 0 aromatic carbocycles. The Kier molecular flexibility index (Phi) is 4.94. The maximum Gasteiger partial charge on any atom is 0.166 e. The van der Waals surface area contributed by atoms with E-state index in [1.807, 2.05) is 14.0 Å². The number of hydrogen-bond donors (Lipinski definition) is 1. The average Bonchev–Trinajstić information content (AvgIpc) is 2.99. The quantitative estimate of drug-likeness (QED) is 0.566. The molecule has 1 N–H and O–H groups in total. The molecule has 0 bridgehead atoms. The molecular weight excluding hydrogens is 336 g/mol. The predicted molar refractivity (Wildman–Crippen MR) is 107 cm³/mol. The van der Waals surface area contributed by atoms with Gasteiger partial charge in [0.2, 0.25) is 0 Å². The van der Waals surface area contributed by atoms with Gasteiger partial charge in [-0.3, -0.25) is 0 Å². The minimum atomic E-state index is -0.997. The lowest BCUT2D eigenvalue weighted by atomic mass is 9.42. The molecule has 0 amide bonds. The predicted octanol–water partition coefficient (Wildman–Crippen LogP) is 4.63. The summed E-state index contributed by atoms with van der Waals surface area (Å²) in [5, 5.41) is 11.0. The molecule has 0 radical (unpaired) electrons. The Morgan fingerprint density at radius 3 is 2.41 bits per heavy atom. The summed E-state index contributed by atoms with van der Waals surface area (Å²) in [5.41, 5.74) is 0.552. The first-order valence-corrected chi connectivity index (χ1v) is 11.0. The standard InChI is InChI=1S/C24H38O3/c1-6-7-16-14-24(25,27-5)15-17-8-9-18-19-10-11-21(26-4)22(19,2)13-12-20(18)23(16,17)3/h16-21,25H,8-15H2,1-5H3/t16?,17?,18-,19-,20+,21?,22-,23-,24?/m0/s1. The molecule has 3 heteroatoms. The first-order valence-electron chi connectivity index (χ1n) is 11.0. The first kappa shape index (κ1) is 19.7. The lowest BCUT2D eigenvalue weighted by Crippen LogP contribution is -2.60. The molecule has 4 saturated carbocycles. The lowest BCUT2D eigenvalue weighted by Gasteiger charge is -2.63. The molecule has 0 aromatic heterocycles. The van der Waals surface area contributed by atoms with Crippen molar-refractivity contribution in [3.8, 4) is 11.8 Å². The SMILES string of the molecule is CC#CC1CC(O)(OC)CC2CC[C@@H]3[C@@H](CC[C@]4(C)C(OC)CC[C@@H]34)[C@@]12C. The Hall–Kier alpha value is -0.560. The molecule has 4 unspecified atom stereocenters. The van der Waals surface area contributed by atoms with Gasteiger partial charge >= 0.3 is 0 Å². The second-order valence-electron chi connectivity index (χ2n) is 10.4. The van der Waals surface area contributed by atoms with Gasteiger partial charge in [0.25, 0.3) is 0 Å². The summed E-state index contributed by atoms with van der Waals surface area (Å²) >= 11 is 0. The van der Waals surface area contributed by atoms with Crippen LogP contribution in [0.2, 0.25) is 0 Å². The monoisotopic (exact) mass is 374 g/mol. The number of methoxy groups -OCH3 is 2. The fourth-order valence-electron chi connectivity index (χ4n) is 8.23. The van der Waals surface area contributed by atoms with Crippen molar-refractivity contribution in [3.63, 3.8) is 0 Å². The van der Waals surface area contributed by atoms with E-state index in [1.165, 1.54) is 38.5 Å². The Morgan fingerprint density at radius 2 is 1.74 bits per heavy atom. The van der Waals surface area contributed by atoms with Crippen LogP contribution in [0.5, 0.6) is 0 Å². The smallest absolute Gasteiger partial charge is 0.166 e. The number of aliphatic hydroxyl groups is 1. The summed E-state index contributed by atoms with van der Waals surface area (Å²) in [5.74, 6) is 8.74. The van der Waals surface area contributed by atoms with Crippen molar-refractivity contribution < 1.29 is 14.6 Å². The van der Waals surface area contributed by atoms with Gasteiger partial charge in [-0.1, -0.05) is 19.8 Å². The number of fused-ring (bicyclic) bond motifs is 5. The molecule has 9 atom stereocenters. The highest BCUT2D eigenvalue weighted by molar-refractivity contribution is 5.18. The Bertz CT molecular complexity index is 635. The van der Waals surface area contributed by atoms with E-state index < -0.39 is 5.79 Å². The van der Waals surface area contributed by atoms with Crippen LogP contribution in [0.15, 0.2) is 0 Å². The van der Waals surface area contributed by atoms with Crippen molar-refractivity contribution in [2.24, 2.45) is 40.4 Å². The van der Waals surface area contributed by atoms with Gasteiger partial charge in [0, 0.05) is 33.0 Å². The van der Waals surface area contributed by atoms with Crippen molar-refractivity contribution in [3.05, 3.63) is 0 Å². The molecular formula is C24H38O3. The van der Waals surface area contributed by atoms with E-state index in [2.05, 4.69) is 25.7 Å². The average molecular weight is 375 g/mol. The van der Waals surface area contributed by atoms with E-state index in [-0.39, 0.29) is 11.3 Å². The summed E-state index contributed by atoms with van der Waals surface area (Å²) in [6.07, 6.45) is 9.48. The van der Waals surface area contributed by atoms with Crippen LogP contribution in [0.25, 0.3) is 0 Å². The maximum absolute atomic E-state index is 11.0. The van der Waals surface area contributed by atoms with Crippen LogP contribution in [0.3, 0.4) is 0 Å². The molecule has 0 aromatic rings. The van der Waals surface area contributed by atoms with Gasteiger partial charge in [0.1, 0.15) is 0 Å². The van der Waals surface area contributed by atoms with E-state index >= 15 is 0 Å². The highest BCUT2D eigenvalue weighted by Gasteiger charge is 2.64. The van der Waals surface area contributed by atoms with Gasteiger partial charge in [-0.15, -0.1) is 5.92 Å². The normalized spacial score (nSPS) is 54.3. The van der Waals surface area contributed by atoms with Crippen LogP contribution in [-0.4, -0.2) is 31.2 Å². The summed E-state index contributed by atoms with van der Waals surface area (Å²) in [4.78, 5) is 0. The second-order valence-corrected chi connectivity index (χ2v) is 10.4. The van der Waals surface area contributed by atoms with Gasteiger partial charge < -0.3 is 14.6 Å². The van der Waals surface area contributed by atoms with Gasteiger partial charge in [0.05, 0.1) is 6.10 Å². The first-order chi connectivity index (χ1) is 12.8. The van der Waals surface area contributed by atoms with E-state index in [0.29, 0.717) is 23.9 Å². The second kappa shape index (κ2) is 6.75. The molecule has 4 aliphatic carbocycles. The van der Waals surface area contributed by atoms with E-state index in [0.717, 1.165) is 24.2 Å². The molecule has 0 spiro atoms. The van der Waals surface area contributed by atoms with Crippen molar-refractivity contribution in [1.82, 2.24) is 0 Å². The van der Waals surface area contributed by atoms with E-state index in [9.17, 15) is 5.11 Å². The minimum Gasteiger partial charge on any atom is -0.381 e. The summed E-state index contributed by atoms with van der Waals surface area (Å²) in [6.45, 7) is 6.94. The Balaban J connectivity index is 1.68. The third-order valence-corrected chi connectivity index (χ3v) is 9.70. The summed E-state index contributed by atoms with van der Waals surface area (Å²) in [6, 6.07) is 0. The highest BCUT2D eigenvalue weighted by atomic mass is 16.6. The molecule has 4 rings (SSSR count). The maximum atomic E-state index is 11.0. The summed E-state index contributed by atoms with van der Waals surface area (Å²) in [7, 11) is 3.56. The zero-order chi connectivity index (χ0) is 19.4. The van der Waals surface area contributed by atoms with Crippen LogP contribution in [0.1, 0.15) is 72.1 Å². The fraction of sp³-hybridized carbons (Fsp3) is 0.917. The van der Waals surface area contributed by atoms with Gasteiger partial charge in [-0.2, -0.15) is 0 Å². The Morgan fingerprint density at radius 1 is 0.963 bits per heavy atom. The fourth-order valence-corrected chi connectivity index (χ4v) is 8.23. The molecule has 4 aliphatic rings. The van der Waals surface area contributed by atoms with E-state index in [4.69, 9.17) is 9.47 Å². The number of ether oxygens (including phenoxy) is 2. The number of hydrogen-bond acceptors (Lipinski definition) is 3. The van der Waals surface area contributed by atoms with Crippen LogP contribution in [-0.2, 0) is 9.47 Å². The van der Waals surface area contributed by atoms with Crippen LogP contribution in [0.4, 0.5) is 0 Å². The molecule has 152 valence electrons. The molecule has 0 heterocycles. The van der Waals surface area contributed by atoms with Crippen LogP contribution < -0.4 is 0 Å². The largest absolute Gasteiger partial charge is 0.381 e. The van der Waals surface area contributed by atoms with Crippen LogP contribution in [0, 0.1) is 52.3 Å². The molecule has 27 heavy (non-hydrogen) atoms. The van der Waals surface area contributed by atoms with Gasteiger partial charge in [0.15, 0.2) is 5.79 Å². The minimum absolute atomic E-state index is 0.198. The topological polar surface area (TPSA) is 38.7 Å². The van der Waals surface area contributed by atoms with Crippen molar-refractivity contribution in [2.75, 3.05) is 14.2 Å². The third kappa shape index (κ3) is 2.74. The molecule has 0 aliphatic heterocycles. The van der Waals surface area contributed by atoms with Crippen molar-refractivity contribution in [2.45, 2.75) is 84.0 Å². The van der Waals surface area contributed by atoms with Crippen molar-refractivity contribution in [1.29, 1.82) is 0 Å². The van der Waals surface area contributed by atoms with E-state index in [1.54, 1.807) is 7.11 Å². The highest BCUT2D eigenvalue weighted by Crippen LogP contribution is 2.68. The van der Waals surface area contributed by atoms with Gasteiger partial charge in [-0.05, 0) is 80.0 Å². The lowest BCUT2D eigenvalue weighted by molar-refractivity contribution is -0.259. The van der Waals surface area contributed by atoms with Crippen molar-refractivity contribution >= 4 is 0 Å². The molecule has 0 saturated heterocycles. The van der Waals surface area contributed by atoms with Gasteiger partial charge in [-0.25, -0.2) is 0 Å². The zero-order valence-corrected chi connectivity index (χ0v) is 17.9. The molecule has 4 fully saturated rings. The Labute approximate surface area is 165 Å². The summed E-state index contributed by atoms with van der Waals surface area (Å²) < 4.78 is 11.5. The molecule has 3 nitrogen and oxygen atoms in total. The third-order valence-electron chi connectivity index (χ3n) is 9.70. The zero-order valence-electron chi connectivity index (χ0n) is 17.9.